The van der Waals surface area contributed by atoms with Crippen LogP contribution in [0.2, 0.25) is 0 Å². The zero-order valence-electron chi connectivity index (χ0n) is 8.93. The molecule has 0 aromatic heterocycles. The van der Waals surface area contributed by atoms with Crippen LogP contribution in [0.5, 0.6) is 0 Å². The van der Waals surface area contributed by atoms with Crippen LogP contribution >= 0.6 is 11.8 Å². The third kappa shape index (κ3) is 6.35. The Labute approximate surface area is 93.4 Å². The Bertz CT molecular complexity index is 222. The fraction of sp³-hybridized carbons (Fsp3) is 0.778. The standard InChI is InChI=1S/C9H17NO4S/c1-3-14-9(13)7(10)4-5-15-6(2)8(11)12/h6-7H,3-5,10H2,1-2H3,(H,11,12). The van der Waals surface area contributed by atoms with Crippen LogP contribution in [0.25, 0.3) is 0 Å². The summed E-state index contributed by atoms with van der Waals surface area (Å²) >= 11 is 1.26. The van der Waals surface area contributed by atoms with Gasteiger partial charge in [-0.3, -0.25) is 9.59 Å². The molecule has 0 spiro atoms. The summed E-state index contributed by atoms with van der Waals surface area (Å²) in [6.07, 6.45) is 0.432. The normalized spacial score (nSPS) is 14.3. The van der Waals surface area contributed by atoms with Crippen LogP contribution in [0.1, 0.15) is 20.3 Å². The lowest BCUT2D eigenvalue weighted by molar-refractivity contribution is -0.144. The van der Waals surface area contributed by atoms with Gasteiger partial charge in [0.15, 0.2) is 0 Å². The van der Waals surface area contributed by atoms with E-state index < -0.39 is 23.2 Å². The molecule has 0 aliphatic rings. The lowest BCUT2D eigenvalue weighted by Gasteiger charge is -2.11. The van der Waals surface area contributed by atoms with Crippen molar-refractivity contribution in [1.82, 2.24) is 0 Å². The van der Waals surface area contributed by atoms with Crippen molar-refractivity contribution in [3.05, 3.63) is 0 Å². The lowest BCUT2D eigenvalue weighted by Crippen LogP contribution is -2.33. The molecule has 0 aliphatic carbocycles. The van der Waals surface area contributed by atoms with E-state index in [1.54, 1.807) is 13.8 Å². The first-order valence-electron chi connectivity index (χ1n) is 4.75. The average molecular weight is 235 g/mol. The fourth-order valence-corrected chi connectivity index (χ4v) is 1.70. The molecule has 0 heterocycles. The molecule has 2 atom stereocenters. The van der Waals surface area contributed by atoms with Crippen LogP contribution in [-0.2, 0) is 14.3 Å². The van der Waals surface area contributed by atoms with Crippen LogP contribution < -0.4 is 5.73 Å². The maximum Gasteiger partial charge on any atom is 0.322 e. The molecule has 0 bridgehead atoms. The quantitative estimate of drug-likeness (QED) is 0.624. The first-order chi connectivity index (χ1) is 6.99. The van der Waals surface area contributed by atoms with Crippen LogP contribution in [0.15, 0.2) is 0 Å². The van der Waals surface area contributed by atoms with E-state index in [1.807, 2.05) is 0 Å². The van der Waals surface area contributed by atoms with Gasteiger partial charge in [0.2, 0.25) is 0 Å². The van der Waals surface area contributed by atoms with Crippen LogP contribution in [-0.4, -0.2) is 40.7 Å². The zero-order chi connectivity index (χ0) is 11.8. The molecule has 0 rings (SSSR count). The van der Waals surface area contributed by atoms with E-state index in [-0.39, 0.29) is 0 Å². The minimum atomic E-state index is -0.857. The Hall–Kier alpha value is -0.750. The molecule has 0 fully saturated rings. The van der Waals surface area contributed by atoms with E-state index in [1.165, 1.54) is 11.8 Å². The molecule has 0 aliphatic heterocycles. The minimum Gasteiger partial charge on any atom is -0.480 e. The molecule has 15 heavy (non-hydrogen) atoms. The summed E-state index contributed by atoms with van der Waals surface area (Å²) < 4.78 is 4.72. The molecule has 5 nitrogen and oxygen atoms in total. The molecular formula is C9H17NO4S. The van der Waals surface area contributed by atoms with Crippen LogP contribution in [0.4, 0.5) is 0 Å². The van der Waals surface area contributed by atoms with Gasteiger partial charge in [-0.1, -0.05) is 0 Å². The Morgan fingerprint density at radius 2 is 2.13 bits per heavy atom. The van der Waals surface area contributed by atoms with Crippen molar-refractivity contribution >= 4 is 23.7 Å². The topological polar surface area (TPSA) is 89.6 Å². The molecule has 0 amide bonds. The zero-order valence-corrected chi connectivity index (χ0v) is 9.75. The summed E-state index contributed by atoms with van der Waals surface area (Å²) in [7, 11) is 0. The number of carboxylic acids is 1. The van der Waals surface area contributed by atoms with Crippen molar-refractivity contribution in [1.29, 1.82) is 0 Å². The highest BCUT2D eigenvalue weighted by molar-refractivity contribution is 8.00. The molecule has 0 saturated carbocycles. The van der Waals surface area contributed by atoms with Gasteiger partial charge in [0.25, 0.3) is 0 Å². The number of carbonyl (C=O) groups is 2. The van der Waals surface area contributed by atoms with Gasteiger partial charge in [-0.15, -0.1) is 11.8 Å². The van der Waals surface area contributed by atoms with Crippen molar-refractivity contribution in [3.63, 3.8) is 0 Å². The summed E-state index contributed by atoms with van der Waals surface area (Å²) in [5.74, 6) is -0.751. The number of aliphatic carboxylic acids is 1. The summed E-state index contributed by atoms with van der Waals surface area (Å²) in [6.45, 7) is 3.62. The number of carboxylic acid groups (broad SMARTS) is 1. The highest BCUT2D eigenvalue weighted by Crippen LogP contribution is 2.12. The van der Waals surface area contributed by atoms with E-state index >= 15 is 0 Å². The van der Waals surface area contributed by atoms with Crippen LogP contribution in [0, 0.1) is 0 Å². The average Bonchev–Trinajstić information content (AvgIpc) is 2.17. The molecule has 0 aromatic rings. The van der Waals surface area contributed by atoms with E-state index in [4.69, 9.17) is 15.6 Å². The fourth-order valence-electron chi connectivity index (χ4n) is 0.810. The van der Waals surface area contributed by atoms with Crippen molar-refractivity contribution in [3.8, 4) is 0 Å². The summed E-state index contributed by atoms with van der Waals surface area (Å²) in [5.41, 5.74) is 5.53. The maximum absolute atomic E-state index is 11.1. The van der Waals surface area contributed by atoms with E-state index in [0.29, 0.717) is 18.8 Å². The first kappa shape index (κ1) is 14.2. The minimum absolute atomic E-state index is 0.311. The van der Waals surface area contributed by atoms with Gasteiger partial charge in [-0.2, -0.15) is 0 Å². The number of carbonyl (C=O) groups excluding carboxylic acids is 1. The third-order valence-electron chi connectivity index (χ3n) is 1.73. The summed E-state index contributed by atoms with van der Waals surface area (Å²) in [5, 5.41) is 8.12. The number of hydrogen-bond donors (Lipinski definition) is 2. The maximum atomic E-state index is 11.1. The van der Waals surface area contributed by atoms with Crippen molar-refractivity contribution in [2.24, 2.45) is 5.73 Å². The third-order valence-corrected chi connectivity index (χ3v) is 2.91. The Balaban J connectivity index is 3.67. The first-order valence-corrected chi connectivity index (χ1v) is 5.80. The molecule has 0 aromatic carbocycles. The predicted molar refractivity (Wildman–Crippen MR) is 58.8 cm³/mol. The molecule has 6 heteroatoms. The molecular weight excluding hydrogens is 218 g/mol. The van der Waals surface area contributed by atoms with Gasteiger partial charge in [-0.25, -0.2) is 0 Å². The number of nitrogens with two attached hydrogens (primary N) is 1. The second kappa shape index (κ2) is 7.53. The monoisotopic (exact) mass is 235 g/mol. The smallest absolute Gasteiger partial charge is 0.322 e. The van der Waals surface area contributed by atoms with Gasteiger partial charge >= 0.3 is 11.9 Å². The highest BCUT2D eigenvalue weighted by Gasteiger charge is 2.16. The highest BCUT2D eigenvalue weighted by atomic mass is 32.2. The second-order valence-electron chi connectivity index (χ2n) is 3.00. The van der Waals surface area contributed by atoms with E-state index in [0.717, 1.165) is 0 Å². The molecule has 88 valence electrons. The van der Waals surface area contributed by atoms with Gasteiger partial charge in [-0.05, 0) is 26.0 Å². The predicted octanol–water partition coefficient (Wildman–Crippen LogP) is 0.473. The number of ether oxygens (including phenoxy) is 1. The second-order valence-corrected chi connectivity index (χ2v) is 4.45. The van der Waals surface area contributed by atoms with E-state index in [9.17, 15) is 9.59 Å². The largest absolute Gasteiger partial charge is 0.480 e. The lowest BCUT2D eigenvalue weighted by atomic mass is 10.2. The van der Waals surface area contributed by atoms with Gasteiger partial charge < -0.3 is 15.6 Å². The number of esters is 1. The number of hydrogen-bond acceptors (Lipinski definition) is 5. The van der Waals surface area contributed by atoms with E-state index in [2.05, 4.69) is 0 Å². The molecule has 3 N–H and O–H groups in total. The summed E-state index contributed by atoms with van der Waals surface area (Å²) in [4.78, 5) is 21.5. The Morgan fingerprint density at radius 3 is 2.60 bits per heavy atom. The SMILES string of the molecule is CCOC(=O)C(N)CCSC(C)C(=O)O. The van der Waals surface area contributed by atoms with Gasteiger partial charge in [0.1, 0.15) is 6.04 Å². The van der Waals surface area contributed by atoms with Crippen molar-refractivity contribution < 1.29 is 19.4 Å². The number of rotatable bonds is 7. The van der Waals surface area contributed by atoms with Gasteiger partial charge in [0.05, 0.1) is 11.9 Å². The Kier molecular flexibility index (Phi) is 7.15. The van der Waals surface area contributed by atoms with Crippen LogP contribution in [0.3, 0.4) is 0 Å². The van der Waals surface area contributed by atoms with Crippen molar-refractivity contribution in [2.45, 2.75) is 31.6 Å². The van der Waals surface area contributed by atoms with Gasteiger partial charge in [0, 0.05) is 0 Å². The molecule has 0 saturated heterocycles. The molecule has 2 unspecified atom stereocenters. The number of thioether (sulfide) groups is 1. The van der Waals surface area contributed by atoms with Crippen molar-refractivity contribution in [2.75, 3.05) is 12.4 Å². The Morgan fingerprint density at radius 1 is 1.53 bits per heavy atom. The summed E-state index contributed by atoms with van der Waals surface area (Å²) in [6, 6.07) is -0.654. The molecule has 0 radical (unpaired) electrons.